The number of phenolic OH excluding ortho intramolecular Hbond substituents is 1. The lowest BCUT2D eigenvalue weighted by molar-refractivity contribution is -0.132. The number of benzene rings is 1. The summed E-state index contributed by atoms with van der Waals surface area (Å²) in [5, 5.41) is 22.6. The number of hydrogen-bond donors (Lipinski definition) is 7. The summed E-state index contributed by atoms with van der Waals surface area (Å²) in [6.45, 7) is 5.99. The van der Waals surface area contributed by atoms with Gasteiger partial charge in [0, 0.05) is 6.42 Å². The largest absolute Gasteiger partial charge is 0.508 e. The number of aldehydes is 1. The molecule has 0 unspecified atom stereocenters. The molecule has 222 valence electrons. The maximum absolute atomic E-state index is 12.8. The van der Waals surface area contributed by atoms with Crippen molar-refractivity contribution < 1.29 is 33.9 Å². The Bertz CT molecular complexity index is 1250. The molecule has 0 fully saturated rings. The lowest BCUT2D eigenvalue weighted by Crippen LogP contribution is -2.55. The number of hydrogen-bond acceptors (Lipinski definition) is 10. The van der Waals surface area contributed by atoms with E-state index in [0.29, 0.717) is 21.9 Å². The zero-order valence-electron chi connectivity index (χ0n) is 23.1. The van der Waals surface area contributed by atoms with Crippen molar-refractivity contribution in [1.82, 2.24) is 26.3 Å². The summed E-state index contributed by atoms with van der Waals surface area (Å²) in [6.07, 6.45) is 2.12. The van der Waals surface area contributed by atoms with Gasteiger partial charge >= 0.3 is 0 Å². The molecule has 0 aliphatic heterocycles. The van der Waals surface area contributed by atoms with E-state index < -0.39 is 60.2 Å². The third-order valence-electron chi connectivity index (χ3n) is 5.85. The second-order valence-electron chi connectivity index (χ2n) is 9.62. The van der Waals surface area contributed by atoms with E-state index in [1.165, 1.54) is 32.2 Å². The van der Waals surface area contributed by atoms with Gasteiger partial charge in [-0.3, -0.25) is 28.8 Å². The van der Waals surface area contributed by atoms with E-state index in [0.717, 1.165) is 11.3 Å². The molecule has 0 aliphatic carbocycles. The maximum atomic E-state index is 12.8. The molecule has 2 aromatic rings. The summed E-state index contributed by atoms with van der Waals surface area (Å²) in [5.41, 5.74) is 6.03. The number of anilines is 1. The third-order valence-corrected chi connectivity index (χ3v) is 6.70. The quantitative estimate of drug-likeness (QED) is 0.132. The average Bonchev–Trinajstić information content (AvgIpc) is 3.38. The molecule has 8 N–H and O–H groups in total. The number of rotatable bonds is 15. The molecular formula is C26H35N7O7S. The molecule has 15 heteroatoms. The summed E-state index contributed by atoms with van der Waals surface area (Å²) in [4.78, 5) is 77.3. The Morgan fingerprint density at radius 1 is 0.951 bits per heavy atom. The molecule has 0 aliphatic rings. The molecule has 0 saturated carbocycles. The molecule has 1 aromatic carbocycles. The van der Waals surface area contributed by atoms with E-state index in [2.05, 4.69) is 31.6 Å². The van der Waals surface area contributed by atoms with E-state index in [9.17, 15) is 33.9 Å². The minimum Gasteiger partial charge on any atom is -0.508 e. The molecule has 41 heavy (non-hydrogen) atoms. The highest BCUT2D eigenvalue weighted by Gasteiger charge is 2.28. The van der Waals surface area contributed by atoms with E-state index in [1.54, 1.807) is 26.0 Å². The molecule has 0 radical (unpaired) electrons. The van der Waals surface area contributed by atoms with Crippen LogP contribution in [0.15, 0.2) is 30.5 Å². The minimum absolute atomic E-state index is 0.0487. The Hall–Kier alpha value is -4.53. The molecule has 2 rings (SSSR count). The fourth-order valence-electron chi connectivity index (χ4n) is 3.50. The van der Waals surface area contributed by atoms with Gasteiger partial charge in [0.2, 0.25) is 29.5 Å². The summed E-state index contributed by atoms with van der Waals surface area (Å²) >= 11 is 1.09. The Balaban J connectivity index is 1.83. The van der Waals surface area contributed by atoms with Gasteiger partial charge in [0.1, 0.15) is 29.9 Å². The molecule has 5 amide bonds. The maximum Gasteiger partial charge on any atom is 0.243 e. The van der Waals surface area contributed by atoms with Gasteiger partial charge in [-0.1, -0.05) is 37.3 Å². The van der Waals surface area contributed by atoms with Crippen LogP contribution in [0, 0.1) is 5.92 Å². The Kier molecular flexibility index (Phi) is 12.2. The summed E-state index contributed by atoms with van der Waals surface area (Å²) < 4.78 is 0. The molecule has 4 atom stereocenters. The Labute approximate surface area is 240 Å². The standard InChI is InChI=1S/C26H35N7O7S/c1-13(2)21(33-26-29-10-18(12-34)41-26)25(40)31-15(4)24(39)30-14(3)23(38)28-11-20(36)32-19(22(27)37)9-16-5-7-17(35)8-6-16/h5-8,10,12-15,19,21,35H,9,11H2,1-4H3,(H2,27,37)(H,28,38)(H,29,33)(H,30,39)(H,31,40)(H,32,36)/t14-,15-,19-,21+/m0/s1. The van der Waals surface area contributed by atoms with Crippen molar-refractivity contribution in [3.63, 3.8) is 0 Å². The van der Waals surface area contributed by atoms with Gasteiger partial charge < -0.3 is 37.4 Å². The summed E-state index contributed by atoms with van der Waals surface area (Å²) in [6, 6.07) is 2.20. The van der Waals surface area contributed by atoms with Gasteiger partial charge in [-0.15, -0.1) is 0 Å². The van der Waals surface area contributed by atoms with Crippen molar-refractivity contribution in [2.24, 2.45) is 11.7 Å². The van der Waals surface area contributed by atoms with Crippen LogP contribution in [0.25, 0.3) is 0 Å². The number of nitrogens with two attached hydrogens (primary N) is 1. The second kappa shape index (κ2) is 15.3. The van der Waals surface area contributed by atoms with E-state index in [-0.39, 0.29) is 18.1 Å². The Morgan fingerprint density at radius 3 is 2.12 bits per heavy atom. The Morgan fingerprint density at radius 2 is 1.56 bits per heavy atom. The van der Waals surface area contributed by atoms with Crippen LogP contribution < -0.4 is 32.3 Å². The zero-order chi connectivity index (χ0) is 30.7. The number of carbonyl (C=O) groups excluding carboxylic acids is 6. The second-order valence-corrected chi connectivity index (χ2v) is 10.7. The number of nitrogens with one attached hydrogen (secondary N) is 5. The van der Waals surface area contributed by atoms with Crippen LogP contribution in [0.4, 0.5) is 5.13 Å². The van der Waals surface area contributed by atoms with Crippen LogP contribution in [-0.4, -0.2) is 76.6 Å². The van der Waals surface area contributed by atoms with Crippen molar-refractivity contribution in [2.45, 2.75) is 58.3 Å². The number of amides is 5. The smallest absolute Gasteiger partial charge is 0.243 e. The number of thiazole rings is 1. The first-order valence-corrected chi connectivity index (χ1v) is 13.5. The van der Waals surface area contributed by atoms with Gasteiger partial charge in [-0.25, -0.2) is 4.98 Å². The first-order chi connectivity index (χ1) is 19.3. The highest BCUT2D eigenvalue weighted by Crippen LogP contribution is 2.19. The van der Waals surface area contributed by atoms with E-state index >= 15 is 0 Å². The number of phenols is 1. The highest BCUT2D eigenvalue weighted by atomic mass is 32.1. The van der Waals surface area contributed by atoms with Gasteiger partial charge in [-0.05, 0) is 37.5 Å². The van der Waals surface area contributed by atoms with Crippen LogP contribution >= 0.6 is 11.3 Å². The molecule has 14 nitrogen and oxygen atoms in total. The van der Waals surface area contributed by atoms with Crippen LogP contribution in [0.5, 0.6) is 5.75 Å². The van der Waals surface area contributed by atoms with E-state index in [1.807, 2.05) is 0 Å². The van der Waals surface area contributed by atoms with Gasteiger partial charge in [0.15, 0.2) is 11.4 Å². The predicted molar refractivity (Wildman–Crippen MR) is 151 cm³/mol. The highest BCUT2D eigenvalue weighted by molar-refractivity contribution is 7.17. The van der Waals surface area contributed by atoms with Crippen LogP contribution in [0.3, 0.4) is 0 Å². The van der Waals surface area contributed by atoms with E-state index in [4.69, 9.17) is 5.73 Å². The monoisotopic (exact) mass is 589 g/mol. The topological polar surface area (TPSA) is 222 Å². The van der Waals surface area contributed by atoms with Gasteiger partial charge in [0.05, 0.1) is 17.6 Å². The lowest BCUT2D eigenvalue weighted by Gasteiger charge is -2.24. The SMILES string of the molecule is CC(C)[C@@H](Nc1ncc(C=O)s1)C(=O)N[C@@H](C)C(=O)N[C@@H](C)C(=O)NCC(=O)N[C@@H](Cc1ccc(O)cc1)C(N)=O. The van der Waals surface area contributed by atoms with Crippen molar-refractivity contribution in [1.29, 1.82) is 0 Å². The summed E-state index contributed by atoms with van der Waals surface area (Å²) in [7, 11) is 0. The molecule has 0 saturated heterocycles. The van der Waals surface area contributed by atoms with Crippen molar-refractivity contribution in [3.8, 4) is 5.75 Å². The van der Waals surface area contributed by atoms with Crippen LogP contribution in [0.2, 0.25) is 0 Å². The molecule has 0 spiro atoms. The molecule has 0 bridgehead atoms. The lowest BCUT2D eigenvalue weighted by atomic mass is 10.0. The van der Waals surface area contributed by atoms with Crippen LogP contribution in [-0.2, 0) is 30.4 Å². The number of aromatic hydroxyl groups is 1. The molecule has 1 aromatic heterocycles. The van der Waals surface area contributed by atoms with Gasteiger partial charge in [0.25, 0.3) is 0 Å². The third kappa shape index (κ3) is 10.5. The number of nitrogens with zero attached hydrogens (tertiary/aromatic N) is 1. The molecule has 1 heterocycles. The normalized spacial score (nSPS) is 13.7. The van der Waals surface area contributed by atoms with Gasteiger partial charge in [-0.2, -0.15) is 0 Å². The fraction of sp³-hybridized carbons (Fsp3) is 0.423. The van der Waals surface area contributed by atoms with Crippen molar-refractivity contribution in [2.75, 3.05) is 11.9 Å². The van der Waals surface area contributed by atoms with Crippen molar-refractivity contribution >= 4 is 52.3 Å². The van der Waals surface area contributed by atoms with Crippen LogP contribution in [0.1, 0.15) is 42.9 Å². The average molecular weight is 590 g/mol. The number of carbonyl (C=O) groups is 6. The number of primary amides is 1. The minimum atomic E-state index is -1.05. The number of aromatic nitrogens is 1. The first-order valence-electron chi connectivity index (χ1n) is 12.7. The zero-order valence-corrected chi connectivity index (χ0v) is 23.9. The molecular weight excluding hydrogens is 554 g/mol. The first kappa shape index (κ1) is 32.7. The predicted octanol–water partition coefficient (Wildman–Crippen LogP) is -0.564. The fourth-order valence-corrected chi connectivity index (χ4v) is 4.17. The summed E-state index contributed by atoms with van der Waals surface area (Å²) in [5.74, 6) is -3.36. The van der Waals surface area contributed by atoms with Crippen molar-refractivity contribution in [3.05, 3.63) is 40.9 Å².